The number of unbranched alkanes of at least 4 members (excludes halogenated alkanes) is 3. The SMILES string of the molecule is C1C[C@@H]2C[C@H]1[C@H]1O[C@@H]21.C=CCBr.C=CCCC[C@@H]1[C@@H]2CC[C@@H](C2)[C@H]1O.C=CCCC[C@@H]1[C@@H]2CC[C@@H](C2)[C@H]1OC(=O)C[C@H](C(=O)O)C(C)(C)C.C=CCCC[C@H]1[C@H]2CC[C@H](C2)[C@@H]1OC(=O)C[C@H](C(=O)O)C(C)(C)C.C=C[CH2-].[2H-].[2HH].[2H][2H].[2H][2H].[2H][2H].[2H][2H].[2H][2H].[2H][2H].[2H][2H].[2H][2H].[2H][2H].[2H][2H].[2H][2H].[2H][2H].[2H][2H].[Br-].[Mg+2]. The molecule has 13 heteroatoms. The molecule has 0 radical (unpaired) electrons. The minimum Gasteiger partial charge on any atom is -1.00 e. The molecule has 9 fully saturated rings. The van der Waals surface area contributed by atoms with Crippen molar-refractivity contribution in [2.75, 3.05) is 5.33 Å². The van der Waals surface area contributed by atoms with Crippen LogP contribution in [0.2, 0.25) is 0 Å². The predicted octanol–water partition coefficient (Wildman–Crippen LogP) is 15.6. The second-order valence-electron chi connectivity index (χ2n) is 26.1. The molecule has 0 unspecified atom stereocenters. The fourth-order valence-electron chi connectivity index (χ4n) is 15.0. The Bertz CT molecular complexity index is 1860. The Hall–Kier alpha value is -1.90. The first-order valence-corrected chi connectivity index (χ1v) is 30.8. The topological polar surface area (TPSA) is 160 Å². The summed E-state index contributed by atoms with van der Waals surface area (Å²) in [5, 5.41) is 29.7. The number of carboxylic acid groups (broad SMARTS) is 2. The average molecular weight is 1290 g/mol. The van der Waals surface area contributed by atoms with E-state index in [2.05, 4.69) is 55.7 Å². The Morgan fingerprint density at radius 2 is 0.897 bits per heavy atom. The van der Waals surface area contributed by atoms with Crippen LogP contribution in [0.5, 0.6) is 0 Å². The fraction of sp³-hybridized carbons (Fsp3) is 0.769. The minimum atomic E-state index is -0.921. The molecule has 9 rings (SSSR count). The molecule has 470 valence electrons. The van der Waals surface area contributed by atoms with Crippen LogP contribution in [0.15, 0.2) is 63.3 Å². The molecule has 78 heavy (non-hydrogen) atoms. The second kappa shape index (κ2) is 35.3. The minimum absolute atomic E-state index is 0. The number of rotatable bonds is 21. The van der Waals surface area contributed by atoms with Crippen LogP contribution in [0.25, 0.3) is 0 Å². The first kappa shape index (κ1) is 52.9. The predicted molar refractivity (Wildman–Crippen MR) is 347 cm³/mol. The van der Waals surface area contributed by atoms with Gasteiger partial charge in [-0.1, -0.05) is 81.8 Å². The molecular weight excluding hydrogens is 1120 g/mol. The molecule has 8 saturated carbocycles. The fourth-order valence-corrected chi connectivity index (χ4v) is 15.0. The molecule has 0 amide bonds. The number of carboxylic acids is 2. The molecule has 18 atom stereocenters. The summed E-state index contributed by atoms with van der Waals surface area (Å²) in [5.41, 5.74) is -0.911. The van der Waals surface area contributed by atoms with E-state index in [1.807, 2.05) is 59.8 Å². The third-order valence-electron chi connectivity index (χ3n) is 19.0. The van der Waals surface area contributed by atoms with Crippen LogP contribution in [0.1, 0.15) is 231 Å². The van der Waals surface area contributed by atoms with E-state index in [-0.39, 0.29) is 86.0 Å². The first-order valence-electron chi connectivity index (χ1n) is 42.7. The Balaban J connectivity index is -0.0000000794. The van der Waals surface area contributed by atoms with Gasteiger partial charge < -0.3 is 47.9 Å². The van der Waals surface area contributed by atoms with Gasteiger partial charge in [0.2, 0.25) is 0 Å². The van der Waals surface area contributed by atoms with Gasteiger partial charge in [-0.05, 0) is 211 Å². The number of carbonyl (C=O) groups is 4. The number of fused-ring (bicyclic) bond motifs is 11. The monoisotopic (exact) mass is 1280 g/mol. The number of hydrogen-bond acceptors (Lipinski definition) is 8. The van der Waals surface area contributed by atoms with Crippen LogP contribution in [-0.2, 0) is 33.4 Å². The maximum Gasteiger partial charge on any atom is 2.00 e. The van der Waals surface area contributed by atoms with Crippen molar-refractivity contribution in [3.63, 3.8) is 0 Å². The van der Waals surface area contributed by atoms with Crippen molar-refractivity contribution in [2.24, 2.45) is 87.8 Å². The largest absolute Gasteiger partial charge is 2.00 e. The van der Waals surface area contributed by atoms with Crippen molar-refractivity contribution in [3.05, 3.63) is 70.2 Å². The van der Waals surface area contributed by atoms with Gasteiger partial charge >= 0.3 is 46.9 Å². The Kier molecular flexibility index (Phi) is 23.9. The summed E-state index contributed by atoms with van der Waals surface area (Å²) in [6.07, 6.45) is 36.0. The number of carbonyl (C=O) groups excluding carboxylic acids is 2. The smallest absolute Gasteiger partial charge is 1.00 e. The van der Waals surface area contributed by atoms with Gasteiger partial charge in [0.25, 0.3) is 0 Å². The van der Waals surface area contributed by atoms with Crippen molar-refractivity contribution in [1.82, 2.24) is 0 Å². The van der Waals surface area contributed by atoms with E-state index in [0.29, 0.717) is 47.3 Å². The number of esters is 2. The van der Waals surface area contributed by atoms with E-state index in [0.717, 1.165) is 93.1 Å². The third kappa shape index (κ3) is 21.4. The normalized spacial score (nSPS) is 34.2. The van der Waals surface area contributed by atoms with Gasteiger partial charge in [0.05, 0.1) is 43.0 Å². The summed E-state index contributed by atoms with van der Waals surface area (Å²) in [6.45, 7) is 32.3. The number of hydrogen-bond donors (Lipinski definition) is 3. The van der Waals surface area contributed by atoms with E-state index in [1.165, 1.54) is 83.1 Å². The van der Waals surface area contributed by atoms with Gasteiger partial charge in [-0.2, -0.15) is 0 Å². The molecule has 9 aliphatic rings. The zero-order valence-corrected chi connectivity index (χ0v) is 53.7. The zero-order chi connectivity index (χ0) is 82.3. The molecule has 0 aromatic heterocycles. The van der Waals surface area contributed by atoms with Gasteiger partial charge in [0.1, 0.15) is 12.2 Å². The van der Waals surface area contributed by atoms with Crippen molar-refractivity contribution < 1.29 is 107 Å². The number of allylic oxidation sites excluding steroid dienone is 5. The van der Waals surface area contributed by atoms with E-state index in [4.69, 9.17) is 52.8 Å². The average Bonchev–Trinajstić information content (AvgIpc) is 1.58. The summed E-state index contributed by atoms with van der Waals surface area (Å²) < 4.78 is 147. The van der Waals surface area contributed by atoms with Gasteiger partial charge in [-0.3, -0.25) is 19.2 Å². The van der Waals surface area contributed by atoms with Crippen LogP contribution in [-0.4, -0.2) is 98.1 Å². The van der Waals surface area contributed by atoms with Crippen LogP contribution in [0, 0.1) is 94.7 Å². The molecule has 8 aliphatic carbocycles. The number of ether oxygens (including phenoxy) is 3. The molecule has 1 heterocycles. The number of aliphatic carboxylic acids is 2. The summed E-state index contributed by atoms with van der Waals surface area (Å²) in [6, 6.07) is 0. The molecule has 1 aliphatic heterocycles. The molecule has 0 aromatic rings. The Morgan fingerprint density at radius 3 is 1.18 bits per heavy atom. The van der Waals surface area contributed by atoms with Crippen molar-refractivity contribution in [3.8, 4) is 0 Å². The molecule has 1 saturated heterocycles. The van der Waals surface area contributed by atoms with Crippen LogP contribution >= 0.6 is 15.9 Å². The maximum absolute atomic E-state index is 12.4. The second-order valence-corrected chi connectivity index (χ2v) is 26.7. The van der Waals surface area contributed by atoms with Crippen molar-refractivity contribution in [1.29, 1.82) is 0 Å². The van der Waals surface area contributed by atoms with Gasteiger partial charge in [0.15, 0.2) is 0 Å². The van der Waals surface area contributed by atoms with Crippen LogP contribution in [0.3, 0.4) is 0 Å². The number of epoxide rings is 1. The van der Waals surface area contributed by atoms with E-state index >= 15 is 0 Å². The molecule has 10 nitrogen and oxygen atoms in total. The first-order chi connectivity index (χ1) is 49.1. The van der Waals surface area contributed by atoms with E-state index < -0.39 is 34.6 Å². The van der Waals surface area contributed by atoms with Gasteiger partial charge in [0, 0.05) is 45.4 Å². The van der Waals surface area contributed by atoms with Crippen molar-refractivity contribution in [2.45, 2.75) is 220 Å². The number of halogens is 2. The zero-order valence-electron chi connectivity index (χ0n) is 76.2. The van der Waals surface area contributed by atoms with Crippen molar-refractivity contribution >= 4 is 62.9 Å². The Morgan fingerprint density at radius 1 is 0.603 bits per heavy atom. The molecule has 0 aromatic carbocycles. The standard InChI is InChI=1S/2C20H32O4.C12H20O.C7H10O.C3H5Br.C3H5.BrH.Mg.14H2.H/c2*1-5-6-7-8-15-13-9-10-14(11-13)18(15)24-17(21)12-16(19(22)23)20(2,3)4;1-2-3-4-5-11-9-6-7-10(8-9)12(11)13;1-2-5-3-4(1)6-7(5)8-6;1-2-3-4;1-3-2;;;;;;;;;;;;;;;;;/h2*5,13-16,18H,1,6-12H2,2-4H3,(H,22,23);2,9-13H,1,3-8H2;4-7H,1-3H2;2H,1,3H2;3H,1-2H2;1H;;14*1H;/q;;;;;-1;;+2;;;;;;;;;;;;;;;-1/p-1/t13-,14+,15-,16+,18-;13-,14+,15-,16-,18-;9-,10+,11-,12-;4-,5+,6+,7-;;;;;;;;;;;;;;;;;;;/m011..................../s1/i;;;;;;;;13*1+1D;2*1+1. The molecular formula is C65H133Br2MgO10-. The van der Waals surface area contributed by atoms with E-state index in [1.54, 1.807) is 6.08 Å². The number of aliphatic hydroxyl groups is 1. The molecule has 8 bridgehead atoms. The number of aliphatic hydroxyl groups excluding tert-OH is 1. The summed E-state index contributed by atoms with van der Waals surface area (Å²) in [5.74, 6) is 3.37. The summed E-state index contributed by atoms with van der Waals surface area (Å²) in [7, 11) is 0. The van der Waals surface area contributed by atoms with Crippen LogP contribution < -0.4 is 17.0 Å². The Labute approximate surface area is 551 Å². The van der Waals surface area contributed by atoms with E-state index in [9.17, 15) is 34.5 Å². The summed E-state index contributed by atoms with van der Waals surface area (Å²) in [4.78, 5) is 47.8. The third-order valence-corrected chi connectivity index (χ3v) is 19.4. The van der Waals surface area contributed by atoms with Gasteiger partial charge in [-0.15, -0.1) is 26.3 Å². The van der Waals surface area contributed by atoms with Gasteiger partial charge in [-0.25, -0.2) is 19.6 Å². The molecule has 3 N–H and O–H groups in total. The maximum atomic E-state index is 12.4. The summed E-state index contributed by atoms with van der Waals surface area (Å²) >= 11 is 3.13. The quantitative estimate of drug-likeness (QED) is 0.0192. The van der Waals surface area contributed by atoms with Crippen LogP contribution in [0.4, 0.5) is 0 Å². The number of alkyl halides is 1. The molecule has 0 spiro atoms.